The highest BCUT2D eigenvalue weighted by Gasteiger charge is 2.21. The first-order valence-electron chi connectivity index (χ1n) is 5.02. The molecule has 0 aliphatic carbocycles. The number of ether oxygens (including phenoxy) is 1. The quantitative estimate of drug-likeness (QED) is 0.607. The zero-order valence-electron chi connectivity index (χ0n) is 9.41. The second kappa shape index (κ2) is 6.58. The van der Waals surface area contributed by atoms with E-state index in [9.17, 15) is 13.6 Å². The van der Waals surface area contributed by atoms with Gasteiger partial charge in [0.25, 0.3) is 6.43 Å². The molecule has 1 heterocycles. The zero-order chi connectivity index (χ0) is 13.7. The van der Waals surface area contributed by atoms with Crippen molar-refractivity contribution >= 4 is 28.6 Å². The van der Waals surface area contributed by atoms with Crippen molar-refractivity contribution in [3.8, 4) is 6.07 Å². The molecule has 0 amide bonds. The van der Waals surface area contributed by atoms with E-state index in [2.05, 4.69) is 4.98 Å². The van der Waals surface area contributed by atoms with E-state index in [4.69, 9.17) is 10.00 Å². The maximum Gasteiger partial charge on any atom is 0.310 e. The fraction of sp³-hybridized carbons (Fsp3) is 0.364. The number of aromatic nitrogens is 1. The van der Waals surface area contributed by atoms with E-state index in [0.717, 1.165) is 6.20 Å². The summed E-state index contributed by atoms with van der Waals surface area (Å²) >= 11 is 1.67. The van der Waals surface area contributed by atoms with Gasteiger partial charge >= 0.3 is 5.97 Å². The summed E-state index contributed by atoms with van der Waals surface area (Å²) in [5, 5.41) is 8.88. The van der Waals surface area contributed by atoms with Crippen molar-refractivity contribution < 1.29 is 18.3 Å². The molecule has 7 heteroatoms. The van der Waals surface area contributed by atoms with Gasteiger partial charge < -0.3 is 4.74 Å². The average molecular weight is 366 g/mol. The highest BCUT2D eigenvalue weighted by Crippen LogP contribution is 2.27. The van der Waals surface area contributed by atoms with E-state index in [0.29, 0.717) is 0 Å². The number of halogens is 3. The molecule has 0 saturated carbocycles. The Kier molecular flexibility index (Phi) is 5.40. The molecular formula is C11H9F2IN2O2. The fourth-order valence-corrected chi connectivity index (χ4v) is 2.18. The predicted octanol–water partition coefficient (Wildman–Crippen LogP) is 2.60. The molecule has 0 N–H and O–H groups in total. The molecule has 1 rings (SSSR count). The van der Waals surface area contributed by atoms with E-state index in [1.165, 1.54) is 0 Å². The number of hydrogen-bond donors (Lipinski definition) is 0. The summed E-state index contributed by atoms with van der Waals surface area (Å²) in [4.78, 5) is 14.9. The number of rotatable bonds is 4. The molecule has 1 aromatic rings. The van der Waals surface area contributed by atoms with Crippen molar-refractivity contribution in [3.05, 3.63) is 26.6 Å². The summed E-state index contributed by atoms with van der Waals surface area (Å²) in [7, 11) is 0. The Labute approximate surface area is 116 Å². The number of hydrogen-bond acceptors (Lipinski definition) is 4. The molecule has 96 valence electrons. The van der Waals surface area contributed by atoms with Gasteiger partial charge in [0.2, 0.25) is 0 Å². The van der Waals surface area contributed by atoms with Crippen molar-refractivity contribution in [1.29, 1.82) is 5.26 Å². The predicted molar refractivity (Wildman–Crippen MR) is 67.0 cm³/mol. The molecule has 0 fully saturated rings. The van der Waals surface area contributed by atoms with Crippen molar-refractivity contribution in [2.24, 2.45) is 0 Å². The van der Waals surface area contributed by atoms with Gasteiger partial charge in [-0.2, -0.15) is 5.26 Å². The molecule has 4 nitrogen and oxygen atoms in total. The monoisotopic (exact) mass is 366 g/mol. The number of carbonyl (C=O) groups is 1. The molecule has 0 saturated heterocycles. The van der Waals surface area contributed by atoms with Crippen LogP contribution in [0.25, 0.3) is 0 Å². The maximum atomic E-state index is 12.7. The third kappa shape index (κ3) is 3.35. The number of nitriles is 1. The van der Waals surface area contributed by atoms with Crippen LogP contribution < -0.4 is 0 Å². The lowest BCUT2D eigenvalue weighted by Crippen LogP contribution is -2.12. The van der Waals surface area contributed by atoms with Crippen LogP contribution >= 0.6 is 22.6 Å². The van der Waals surface area contributed by atoms with Crippen LogP contribution in [0.4, 0.5) is 8.78 Å². The van der Waals surface area contributed by atoms with Gasteiger partial charge in [-0.15, -0.1) is 0 Å². The van der Waals surface area contributed by atoms with E-state index >= 15 is 0 Å². The summed E-state index contributed by atoms with van der Waals surface area (Å²) in [5.74, 6) is -0.557. The second-order valence-corrected chi connectivity index (χ2v) is 4.32. The van der Waals surface area contributed by atoms with Crippen molar-refractivity contribution in [2.45, 2.75) is 19.8 Å². The Balaban J connectivity index is 3.18. The van der Waals surface area contributed by atoms with Gasteiger partial charge in [-0.3, -0.25) is 9.78 Å². The summed E-state index contributed by atoms with van der Waals surface area (Å²) in [6, 6.07) is 1.83. The molecule has 1 aromatic heterocycles. The van der Waals surface area contributed by atoms with Crippen LogP contribution in [0.2, 0.25) is 0 Å². The minimum atomic E-state index is -2.74. The van der Waals surface area contributed by atoms with Crippen LogP contribution in [-0.2, 0) is 16.0 Å². The maximum absolute atomic E-state index is 12.7. The van der Waals surface area contributed by atoms with Gasteiger partial charge in [-0.05, 0) is 35.1 Å². The molecule has 0 atom stereocenters. The van der Waals surface area contributed by atoms with E-state index < -0.39 is 18.1 Å². The van der Waals surface area contributed by atoms with Crippen LogP contribution in [-0.4, -0.2) is 17.6 Å². The fourth-order valence-electron chi connectivity index (χ4n) is 1.32. The first-order chi connectivity index (χ1) is 8.51. The minimum Gasteiger partial charge on any atom is -0.466 e. The summed E-state index contributed by atoms with van der Waals surface area (Å²) < 4.78 is 30.2. The molecular weight excluding hydrogens is 357 g/mol. The first kappa shape index (κ1) is 14.8. The van der Waals surface area contributed by atoms with Crippen LogP contribution in [0, 0.1) is 14.9 Å². The van der Waals surface area contributed by atoms with Crippen LogP contribution in [0.3, 0.4) is 0 Å². The zero-order valence-corrected chi connectivity index (χ0v) is 11.6. The molecule has 0 aromatic carbocycles. The lowest BCUT2D eigenvalue weighted by atomic mass is 10.1. The first-order valence-corrected chi connectivity index (χ1v) is 6.10. The molecule has 0 spiro atoms. The van der Waals surface area contributed by atoms with Gasteiger partial charge in [-0.1, -0.05) is 0 Å². The molecule has 0 aliphatic heterocycles. The lowest BCUT2D eigenvalue weighted by Gasteiger charge is -2.10. The summed E-state index contributed by atoms with van der Waals surface area (Å²) in [6.07, 6.45) is -1.90. The van der Waals surface area contributed by atoms with E-state index in [1.54, 1.807) is 29.5 Å². The van der Waals surface area contributed by atoms with Crippen molar-refractivity contribution in [1.82, 2.24) is 4.98 Å². The SMILES string of the molecule is CCOC(=O)Cc1c(C#N)cnc(C(F)F)c1I. The lowest BCUT2D eigenvalue weighted by molar-refractivity contribution is -0.142. The van der Waals surface area contributed by atoms with E-state index in [1.807, 2.05) is 6.07 Å². The molecule has 0 bridgehead atoms. The molecule has 18 heavy (non-hydrogen) atoms. The Morgan fingerprint density at radius 1 is 1.67 bits per heavy atom. The van der Waals surface area contributed by atoms with E-state index in [-0.39, 0.29) is 27.7 Å². The number of esters is 1. The Hall–Kier alpha value is -1.30. The van der Waals surface area contributed by atoms with Crippen LogP contribution in [0.15, 0.2) is 6.20 Å². The Morgan fingerprint density at radius 2 is 2.33 bits per heavy atom. The topological polar surface area (TPSA) is 63.0 Å². The third-order valence-electron chi connectivity index (χ3n) is 2.10. The van der Waals surface area contributed by atoms with Crippen molar-refractivity contribution in [2.75, 3.05) is 6.61 Å². The molecule has 0 unspecified atom stereocenters. The molecule has 0 radical (unpaired) electrons. The Bertz CT molecular complexity index is 501. The minimum absolute atomic E-state index is 0.108. The van der Waals surface area contributed by atoms with Crippen LogP contribution in [0.1, 0.15) is 30.2 Å². The van der Waals surface area contributed by atoms with Gasteiger partial charge in [-0.25, -0.2) is 8.78 Å². The summed E-state index contributed by atoms with van der Waals surface area (Å²) in [5.41, 5.74) is -0.0763. The van der Waals surface area contributed by atoms with Crippen LogP contribution in [0.5, 0.6) is 0 Å². The smallest absolute Gasteiger partial charge is 0.310 e. The Morgan fingerprint density at radius 3 is 2.83 bits per heavy atom. The number of alkyl halides is 2. The van der Waals surface area contributed by atoms with Crippen molar-refractivity contribution in [3.63, 3.8) is 0 Å². The van der Waals surface area contributed by atoms with Gasteiger partial charge in [0.15, 0.2) is 0 Å². The number of pyridine rings is 1. The number of nitrogens with zero attached hydrogens (tertiary/aromatic N) is 2. The second-order valence-electron chi connectivity index (χ2n) is 3.24. The summed E-state index contributed by atoms with van der Waals surface area (Å²) in [6.45, 7) is 1.84. The normalized spacial score (nSPS) is 10.2. The highest BCUT2D eigenvalue weighted by molar-refractivity contribution is 14.1. The van der Waals surface area contributed by atoms with Gasteiger partial charge in [0.05, 0.1) is 18.6 Å². The van der Waals surface area contributed by atoms with Gasteiger partial charge in [0.1, 0.15) is 11.8 Å². The largest absolute Gasteiger partial charge is 0.466 e. The third-order valence-corrected chi connectivity index (χ3v) is 3.30. The standard InChI is InChI=1S/C11H9F2IN2O2/c1-2-18-8(17)3-7-6(4-15)5-16-10(9(7)14)11(12)13/h5,11H,2-3H2,1H3. The number of carbonyl (C=O) groups excluding carboxylic acids is 1. The van der Waals surface area contributed by atoms with Gasteiger partial charge in [0, 0.05) is 9.77 Å². The molecule has 0 aliphatic rings. The average Bonchev–Trinajstić information content (AvgIpc) is 2.31. The highest BCUT2D eigenvalue weighted by atomic mass is 127.